The Balaban J connectivity index is 1.25. The normalized spacial score (nSPS) is 13.8. The minimum absolute atomic E-state index is 0.0447. The lowest BCUT2D eigenvalue weighted by atomic mass is 10.1. The quantitative estimate of drug-likeness (QED) is 0.208. The molecule has 4 N–H and O–H groups in total. The molecule has 1 saturated carbocycles. The molecule has 198 valence electrons. The summed E-state index contributed by atoms with van der Waals surface area (Å²) in [6.07, 6.45) is 10.8. The van der Waals surface area contributed by atoms with Crippen molar-refractivity contribution in [1.82, 2.24) is 30.1 Å². The fraction of sp³-hybridized carbons (Fsp3) is 0.167. The van der Waals surface area contributed by atoms with Gasteiger partial charge in [-0.3, -0.25) is 19.9 Å². The van der Waals surface area contributed by atoms with Crippen molar-refractivity contribution in [3.05, 3.63) is 73.1 Å². The van der Waals surface area contributed by atoms with E-state index in [9.17, 15) is 14.3 Å². The molecule has 5 heterocycles. The van der Waals surface area contributed by atoms with Crippen molar-refractivity contribution in [3.8, 4) is 39.5 Å². The Morgan fingerprint density at radius 3 is 2.62 bits per heavy atom. The molecule has 0 radical (unpaired) electrons. The van der Waals surface area contributed by atoms with Crippen molar-refractivity contribution < 1.29 is 14.3 Å². The van der Waals surface area contributed by atoms with Crippen LogP contribution in [0.25, 0.3) is 55.7 Å². The second-order valence-corrected chi connectivity index (χ2v) is 10.1. The molecule has 5 aromatic heterocycles. The van der Waals surface area contributed by atoms with Crippen LogP contribution in [0.4, 0.5) is 10.1 Å². The van der Waals surface area contributed by atoms with Gasteiger partial charge in [-0.25, -0.2) is 9.37 Å². The van der Waals surface area contributed by atoms with Crippen molar-refractivity contribution >= 4 is 33.5 Å². The minimum atomic E-state index is -0.543. The number of aromatic amines is 2. The average Bonchev–Trinajstić information content (AvgIpc) is 3.71. The molecule has 0 bridgehead atoms. The van der Waals surface area contributed by atoms with Crippen LogP contribution in [0.2, 0.25) is 0 Å². The molecule has 1 amide bonds. The number of carbonyl (C=O) groups excluding carboxylic acids is 1. The second-order valence-electron chi connectivity index (χ2n) is 10.1. The Hall–Kier alpha value is -5.12. The predicted octanol–water partition coefficient (Wildman–Crippen LogP) is 6.20. The highest BCUT2D eigenvalue weighted by Gasteiger charge is 2.23. The number of fused-ring (bicyclic) bond motifs is 2. The number of amides is 1. The van der Waals surface area contributed by atoms with Gasteiger partial charge in [0.1, 0.15) is 17.3 Å². The number of hydrogen-bond acceptors (Lipinski definition) is 6. The Morgan fingerprint density at radius 1 is 0.925 bits per heavy atom. The Labute approximate surface area is 227 Å². The highest BCUT2D eigenvalue weighted by molar-refractivity contribution is 6.00. The number of carbonyl (C=O) groups is 1. The summed E-state index contributed by atoms with van der Waals surface area (Å²) in [6, 6.07) is 11.5. The fourth-order valence-corrected chi connectivity index (χ4v) is 5.49. The van der Waals surface area contributed by atoms with E-state index in [1.54, 1.807) is 24.8 Å². The standard InChI is InChI=1S/C30H24FN7O2/c31-20-7-17(9-22(39)11-20)27-23-12-26(36-25(23)5-6-33-27)28-24-10-19(14-34-29(24)38-37-28)18-8-21(15-32-13-18)35-30(40)16-3-1-2-4-16/h5-16,36,39H,1-4H2,(H,35,40)(H,34,37,38). The van der Waals surface area contributed by atoms with E-state index in [1.807, 2.05) is 24.3 Å². The molecule has 0 atom stereocenters. The number of nitrogens with one attached hydrogen (secondary N) is 3. The van der Waals surface area contributed by atoms with E-state index in [4.69, 9.17) is 0 Å². The summed E-state index contributed by atoms with van der Waals surface area (Å²) in [4.78, 5) is 29.4. The highest BCUT2D eigenvalue weighted by Crippen LogP contribution is 2.35. The van der Waals surface area contributed by atoms with Crippen molar-refractivity contribution in [2.75, 3.05) is 5.32 Å². The van der Waals surface area contributed by atoms with Crippen LogP contribution in [0, 0.1) is 11.7 Å². The topological polar surface area (TPSA) is 132 Å². The van der Waals surface area contributed by atoms with E-state index in [0.717, 1.165) is 64.9 Å². The molecule has 1 aliphatic carbocycles. The van der Waals surface area contributed by atoms with Crippen LogP contribution in [-0.4, -0.2) is 41.1 Å². The fourth-order valence-electron chi connectivity index (χ4n) is 5.49. The van der Waals surface area contributed by atoms with Gasteiger partial charge in [0, 0.05) is 63.6 Å². The van der Waals surface area contributed by atoms with Crippen LogP contribution >= 0.6 is 0 Å². The monoisotopic (exact) mass is 533 g/mol. The van der Waals surface area contributed by atoms with Gasteiger partial charge in [-0.1, -0.05) is 12.8 Å². The molecular weight excluding hydrogens is 509 g/mol. The summed E-state index contributed by atoms with van der Waals surface area (Å²) in [6.45, 7) is 0. The molecule has 0 spiro atoms. The molecule has 40 heavy (non-hydrogen) atoms. The van der Waals surface area contributed by atoms with Crippen LogP contribution in [0.3, 0.4) is 0 Å². The van der Waals surface area contributed by atoms with Crippen LogP contribution < -0.4 is 5.32 Å². The highest BCUT2D eigenvalue weighted by atomic mass is 19.1. The van der Waals surface area contributed by atoms with Gasteiger partial charge in [0.25, 0.3) is 0 Å². The Bertz CT molecular complexity index is 1890. The molecule has 0 saturated heterocycles. The Morgan fingerprint density at radius 2 is 1.77 bits per heavy atom. The minimum Gasteiger partial charge on any atom is -0.508 e. The molecule has 10 heteroatoms. The van der Waals surface area contributed by atoms with Crippen molar-refractivity contribution in [1.29, 1.82) is 0 Å². The maximum absolute atomic E-state index is 14.0. The molecule has 1 aromatic carbocycles. The summed E-state index contributed by atoms with van der Waals surface area (Å²) in [5.74, 6) is -0.603. The molecule has 9 nitrogen and oxygen atoms in total. The number of anilines is 1. The van der Waals surface area contributed by atoms with Gasteiger partial charge < -0.3 is 15.4 Å². The third kappa shape index (κ3) is 4.33. The maximum atomic E-state index is 14.0. The number of aromatic nitrogens is 6. The lowest BCUT2D eigenvalue weighted by molar-refractivity contribution is -0.119. The zero-order valence-corrected chi connectivity index (χ0v) is 21.3. The molecule has 0 aliphatic heterocycles. The third-order valence-electron chi connectivity index (χ3n) is 7.44. The first-order chi connectivity index (χ1) is 19.5. The first-order valence-electron chi connectivity index (χ1n) is 13.1. The van der Waals surface area contributed by atoms with Gasteiger partial charge in [-0.2, -0.15) is 5.10 Å². The summed E-state index contributed by atoms with van der Waals surface area (Å²) < 4.78 is 14.0. The second kappa shape index (κ2) is 9.57. The van der Waals surface area contributed by atoms with Gasteiger partial charge in [-0.05, 0) is 49.2 Å². The number of phenolic OH excluding ortho intramolecular Hbond substituents is 1. The first-order valence-corrected chi connectivity index (χ1v) is 13.1. The van der Waals surface area contributed by atoms with Crippen molar-refractivity contribution in [3.63, 3.8) is 0 Å². The number of halogens is 1. The first kappa shape index (κ1) is 24.0. The van der Waals surface area contributed by atoms with E-state index in [1.165, 1.54) is 12.1 Å². The van der Waals surface area contributed by atoms with Crippen LogP contribution in [0.15, 0.2) is 67.3 Å². The third-order valence-corrected chi connectivity index (χ3v) is 7.44. The SMILES string of the molecule is O=C(Nc1cncc(-c2cnc3[nH]nc(-c4cc5c(-c6cc(O)cc(F)c6)nccc5[nH]4)c3c2)c1)C1CCCC1. The largest absolute Gasteiger partial charge is 0.508 e. The molecule has 7 rings (SSSR count). The number of pyridine rings is 3. The van der Waals surface area contributed by atoms with E-state index in [2.05, 4.69) is 35.5 Å². The molecule has 0 unspecified atom stereocenters. The lowest BCUT2D eigenvalue weighted by Gasteiger charge is -2.11. The number of benzene rings is 1. The summed E-state index contributed by atoms with van der Waals surface area (Å²) in [5.41, 5.74) is 6.10. The Kier molecular flexibility index (Phi) is 5.73. The zero-order chi connectivity index (χ0) is 27.2. The number of H-pyrrole nitrogens is 2. The number of nitrogens with zero attached hydrogens (tertiary/aromatic N) is 4. The van der Waals surface area contributed by atoms with Gasteiger partial charge in [-0.15, -0.1) is 0 Å². The van der Waals surface area contributed by atoms with E-state index < -0.39 is 5.82 Å². The van der Waals surface area contributed by atoms with Crippen LogP contribution in [0.1, 0.15) is 25.7 Å². The number of phenols is 1. The number of aromatic hydroxyl groups is 1. The predicted molar refractivity (Wildman–Crippen MR) is 150 cm³/mol. The smallest absolute Gasteiger partial charge is 0.227 e. The van der Waals surface area contributed by atoms with Gasteiger partial charge in [0.05, 0.1) is 23.3 Å². The number of rotatable bonds is 5. The number of hydrogen-bond donors (Lipinski definition) is 4. The van der Waals surface area contributed by atoms with Gasteiger partial charge in [0.2, 0.25) is 5.91 Å². The van der Waals surface area contributed by atoms with Gasteiger partial charge in [0.15, 0.2) is 5.65 Å². The summed E-state index contributed by atoms with van der Waals surface area (Å²) >= 11 is 0. The maximum Gasteiger partial charge on any atom is 0.227 e. The average molecular weight is 534 g/mol. The summed E-state index contributed by atoms with van der Waals surface area (Å²) in [7, 11) is 0. The van der Waals surface area contributed by atoms with E-state index in [-0.39, 0.29) is 17.6 Å². The van der Waals surface area contributed by atoms with E-state index in [0.29, 0.717) is 28.3 Å². The van der Waals surface area contributed by atoms with Crippen LogP contribution in [-0.2, 0) is 4.79 Å². The zero-order valence-electron chi connectivity index (χ0n) is 21.3. The van der Waals surface area contributed by atoms with Crippen molar-refractivity contribution in [2.24, 2.45) is 5.92 Å². The van der Waals surface area contributed by atoms with E-state index >= 15 is 0 Å². The lowest BCUT2D eigenvalue weighted by Crippen LogP contribution is -2.20. The molecule has 1 fully saturated rings. The van der Waals surface area contributed by atoms with Crippen LogP contribution in [0.5, 0.6) is 5.75 Å². The molecular formula is C30H24FN7O2. The van der Waals surface area contributed by atoms with Crippen molar-refractivity contribution in [2.45, 2.75) is 25.7 Å². The van der Waals surface area contributed by atoms with Gasteiger partial charge >= 0.3 is 0 Å². The summed E-state index contributed by atoms with van der Waals surface area (Å²) in [5, 5.41) is 22.0. The molecule has 6 aromatic rings. The molecule has 1 aliphatic rings.